The van der Waals surface area contributed by atoms with Gasteiger partial charge in [0.1, 0.15) is 0 Å². The van der Waals surface area contributed by atoms with Gasteiger partial charge in [-0.25, -0.2) is 0 Å². The SMILES string of the molecule is CC1=CC=CC(N(c2ccccc2)c2ccc3c(c2)C(C)(C)c2cc(N(C4=CC=CCC4)C4=CC=CC(C)C4)ccc2-3)C1. The van der Waals surface area contributed by atoms with Gasteiger partial charge in [0.05, 0.1) is 6.04 Å². The molecule has 0 N–H and O–H groups in total. The highest BCUT2D eigenvalue weighted by Crippen LogP contribution is 2.52. The van der Waals surface area contributed by atoms with Crippen LogP contribution in [0.2, 0.25) is 0 Å². The smallest absolute Gasteiger partial charge is 0.0562 e. The largest absolute Gasteiger partial charge is 0.334 e. The molecular formula is C41H42N2. The zero-order valence-electron chi connectivity index (χ0n) is 25.9. The summed E-state index contributed by atoms with van der Waals surface area (Å²) in [6.07, 6.45) is 24.7. The van der Waals surface area contributed by atoms with Crippen LogP contribution in [0.4, 0.5) is 17.1 Å². The van der Waals surface area contributed by atoms with E-state index in [1.165, 1.54) is 56.3 Å². The van der Waals surface area contributed by atoms with Crippen LogP contribution in [0.25, 0.3) is 11.1 Å². The van der Waals surface area contributed by atoms with E-state index in [0.29, 0.717) is 5.92 Å². The molecule has 4 aliphatic carbocycles. The van der Waals surface area contributed by atoms with E-state index in [9.17, 15) is 0 Å². The van der Waals surface area contributed by atoms with Gasteiger partial charge in [-0.2, -0.15) is 0 Å². The second-order valence-corrected chi connectivity index (χ2v) is 13.1. The molecule has 3 aromatic rings. The molecule has 2 nitrogen and oxygen atoms in total. The second kappa shape index (κ2) is 11.1. The third-order valence-corrected chi connectivity index (χ3v) is 9.62. The van der Waals surface area contributed by atoms with Crippen molar-refractivity contribution in [3.63, 3.8) is 0 Å². The van der Waals surface area contributed by atoms with E-state index in [0.717, 1.165) is 25.7 Å². The maximum atomic E-state index is 2.54. The maximum Gasteiger partial charge on any atom is 0.0562 e. The first-order valence-corrected chi connectivity index (χ1v) is 15.9. The minimum atomic E-state index is -0.113. The molecular weight excluding hydrogens is 520 g/mol. The number of fused-ring (bicyclic) bond motifs is 3. The van der Waals surface area contributed by atoms with Crippen molar-refractivity contribution in [3.05, 3.63) is 150 Å². The quantitative estimate of drug-likeness (QED) is 0.295. The highest BCUT2D eigenvalue weighted by molar-refractivity contribution is 5.85. The lowest BCUT2D eigenvalue weighted by Gasteiger charge is -2.35. The van der Waals surface area contributed by atoms with Crippen LogP contribution in [-0.4, -0.2) is 6.04 Å². The third kappa shape index (κ3) is 5.03. The monoisotopic (exact) mass is 562 g/mol. The Labute approximate surface area is 257 Å². The predicted molar refractivity (Wildman–Crippen MR) is 184 cm³/mol. The number of hydrogen-bond donors (Lipinski definition) is 0. The van der Waals surface area contributed by atoms with E-state index in [-0.39, 0.29) is 11.5 Å². The summed E-state index contributed by atoms with van der Waals surface area (Å²) >= 11 is 0. The van der Waals surface area contributed by atoms with E-state index in [1.807, 2.05) is 0 Å². The van der Waals surface area contributed by atoms with Gasteiger partial charge in [-0.05, 0) is 109 Å². The Morgan fingerprint density at radius 3 is 2.09 bits per heavy atom. The Morgan fingerprint density at radius 1 is 0.698 bits per heavy atom. The van der Waals surface area contributed by atoms with Crippen molar-refractivity contribution in [2.45, 2.75) is 64.8 Å². The van der Waals surface area contributed by atoms with Crippen LogP contribution in [0.3, 0.4) is 0 Å². The Kier molecular flexibility index (Phi) is 7.09. The molecule has 2 unspecified atom stereocenters. The molecule has 43 heavy (non-hydrogen) atoms. The number of nitrogens with zero attached hydrogens (tertiary/aromatic N) is 2. The zero-order valence-corrected chi connectivity index (χ0v) is 25.9. The van der Waals surface area contributed by atoms with Gasteiger partial charge in [0.2, 0.25) is 0 Å². The molecule has 2 atom stereocenters. The Hall–Kier alpha value is -4.30. The van der Waals surface area contributed by atoms with Crippen molar-refractivity contribution in [1.82, 2.24) is 0 Å². The summed E-state index contributed by atoms with van der Waals surface area (Å²) in [5.74, 6) is 0.543. The molecule has 7 rings (SSSR count). The van der Waals surface area contributed by atoms with Crippen LogP contribution < -0.4 is 9.80 Å². The molecule has 0 spiro atoms. The van der Waals surface area contributed by atoms with E-state index in [1.54, 1.807) is 0 Å². The minimum absolute atomic E-state index is 0.113. The molecule has 4 aliphatic rings. The molecule has 0 aromatic heterocycles. The van der Waals surface area contributed by atoms with E-state index >= 15 is 0 Å². The van der Waals surface area contributed by atoms with Crippen molar-refractivity contribution < 1.29 is 0 Å². The fraction of sp³-hybridized carbons (Fsp3) is 0.268. The van der Waals surface area contributed by atoms with E-state index in [4.69, 9.17) is 0 Å². The molecule has 0 bridgehead atoms. The van der Waals surface area contributed by atoms with Crippen LogP contribution in [0.5, 0.6) is 0 Å². The molecule has 0 heterocycles. The molecule has 2 heteroatoms. The van der Waals surface area contributed by atoms with Gasteiger partial charge >= 0.3 is 0 Å². The van der Waals surface area contributed by atoms with Crippen LogP contribution >= 0.6 is 0 Å². The van der Waals surface area contributed by atoms with Crippen LogP contribution in [-0.2, 0) is 5.41 Å². The molecule has 0 radical (unpaired) electrons. The third-order valence-electron chi connectivity index (χ3n) is 9.62. The van der Waals surface area contributed by atoms with Gasteiger partial charge < -0.3 is 9.80 Å². The molecule has 216 valence electrons. The molecule has 0 saturated carbocycles. The summed E-state index contributed by atoms with van der Waals surface area (Å²) < 4.78 is 0. The van der Waals surface area contributed by atoms with Crippen LogP contribution in [0, 0.1) is 5.92 Å². The Balaban J connectivity index is 1.30. The van der Waals surface area contributed by atoms with Crippen LogP contribution in [0.15, 0.2) is 138 Å². The van der Waals surface area contributed by atoms with Gasteiger partial charge in [0.15, 0.2) is 0 Å². The van der Waals surface area contributed by atoms with E-state index < -0.39 is 0 Å². The maximum absolute atomic E-state index is 2.54. The van der Waals surface area contributed by atoms with Gasteiger partial charge in [-0.1, -0.05) is 99.2 Å². The number of rotatable bonds is 6. The summed E-state index contributed by atoms with van der Waals surface area (Å²) in [5.41, 5.74) is 13.4. The van der Waals surface area contributed by atoms with Crippen LogP contribution in [0.1, 0.15) is 64.5 Å². The second-order valence-electron chi connectivity index (χ2n) is 13.1. The number of benzene rings is 3. The first kappa shape index (κ1) is 27.5. The Morgan fingerprint density at radius 2 is 1.40 bits per heavy atom. The number of allylic oxidation sites excluding steroid dienone is 10. The molecule has 0 amide bonds. The van der Waals surface area contributed by atoms with Crippen molar-refractivity contribution in [3.8, 4) is 11.1 Å². The highest BCUT2D eigenvalue weighted by Gasteiger charge is 2.37. The fourth-order valence-corrected chi connectivity index (χ4v) is 7.39. The molecule has 0 fully saturated rings. The topological polar surface area (TPSA) is 6.48 Å². The van der Waals surface area contributed by atoms with Crippen molar-refractivity contribution >= 4 is 17.1 Å². The summed E-state index contributed by atoms with van der Waals surface area (Å²) in [5, 5.41) is 0. The fourth-order valence-electron chi connectivity index (χ4n) is 7.39. The Bertz CT molecular complexity index is 1730. The molecule has 3 aromatic carbocycles. The summed E-state index contributed by atoms with van der Waals surface area (Å²) in [6.45, 7) is 9.37. The zero-order chi connectivity index (χ0) is 29.6. The van der Waals surface area contributed by atoms with Crippen molar-refractivity contribution in [2.24, 2.45) is 5.92 Å². The standard InChI is InChI=1S/C41H42N2/c1-29-13-11-19-33(25-29)42(31-15-7-5-8-16-31)35-21-23-37-38-24-22-36(28-40(38)41(3,4)39(37)27-35)43(32-17-9-6-10-18-32)34-20-12-14-30(2)26-34/h5-9,11-17,19-24,27-28,30,33H,10,18,25-26H2,1-4H3. The molecule has 0 aliphatic heterocycles. The van der Waals surface area contributed by atoms with Crippen molar-refractivity contribution in [2.75, 3.05) is 9.80 Å². The first-order chi connectivity index (χ1) is 20.9. The van der Waals surface area contributed by atoms with Gasteiger partial charge in [0.25, 0.3) is 0 Å². The van der Waals surface area contributed by atoms with Crippen molar-refractivity contribution in [1.29, 1.82) is 0 Å². The molecule has 0 saturated heterocycles. The lowest BCUT2D eigenvalue weighted by atomic mass is 9.82. The summed E-state index contributed by atoms with van der Waals surface area (Å²) in [4.78, 5) is 5.06. The van der Waals surface area contributed by atoms with Gasteiger partial charge in [-0.15, -0.1) is 0 Å². The summed E-state index contributed by atoms with van der Waals surface area (Å²) in [7, 11) is 0. The van der Waals surface area contributed by atoms with Gasteiger partial charge in [0, 0.05) is 33.9 Å². The first-order valence-electron chi connectivity index (χ1n) is 15.9. The predicted octanol–water partition coefficient (Wildman–Crippen LogP) is 10.9. The summed E-state index contributed by atoms with van der Waals surface area (Å²) in [6, 6.07) is 25.5. The average Bonchev–Trinajstić information content (AvgIpc) is 3.24. The normalized spacial score (nSPS) is 21.4. The van der Waals surface area contributed by atoms with E-state index in [2.05, 4.69) is 159 Å². The average molecular weight is 563 g/mol. The number of hydrogen-bond acceptors (Lipinski definition) is 2. The lowest BCUT2D eigenvalue weighted by Crippen LogP contribution is -2.31. The number of anilines is 3. The minimum Gasteiger partial charge on any atom is -0.334 e. The van der Waals surface area contributed by atoms with Gasteiger partial charge in [-0.3, -0.25) is 0 Å². The highest BCUT2D eigenvalue weighted by atomic mass is 15.2. The number of para-hydroxylation sites is 1. The lowest BCUT2D eigenvalue weighted by molar-refractivity contribution is 0.658.